The number of carboxylic acid groups (broad SMARTS) is 4. The third-order valence-electron chi connectivity index (χ3n) is 0.551. The molecule has 0 rings (SSSR count). The van der Waals surface area contributed by atoms with E-state index in [1.54, 1.807) is 0 Å². The van der Waals surface area contributed by atoms with Crippen molar-refractivity contribution in [3.63, 3.8) is 0 Å². The largest absolute Gasteiger partial charge is 1.00 e. The van der Waals surface area contributed by atoms with Crippen LogP contribution in [0.3, 0.4) is 0 Å². The zero-order valence-corrected chi connectivity index (χ0v) is 12.6. The van der Waals surface area contributed by atoms with Gasteiger partial charge >= 0.3 is 83.0 Å². The summed E-state index contributed by atoms with van der Waals surface area (Å²) in [5, 5.41) is 30.4. The van der Waals surface area contributed by atoms with E-state index in [4.69, 9.17) is 30.0 Å². The summed E-state index contributed by atoms with van der Waals surface area (Å²) in [5.41, 5.74) is 0. The summed E-state index contributed by atoms with van der Waals surface area (Å²) < 4.78 is 0. The van der Waals surface area contributed by atoms with Crippen molar-refractivity contribution in [2.45, 2.75) is 0 Å². The molecule has 0 aliphatic heterocycles. The van der Waals surface area contributed by atoms with E-state index in [1.165, 1.54) is 0 Å². The minimum Gasteiger partial charge on any atom is -1.00 e. The molecular formula is C6H8Na2O8. The molecule has 0 aliphatic rings. The predicted octanol–water partition coefficient (Wildman–Crippen LogP) is -6.90. The van der Waals surface area contributed by atoms with E-state index >= 15 is 0 Å². The maximum atomic E-state index is 9.55. The molecular weight excluding hydrogens is 246 g/mol. The average Bonchev–Trinajstić information content (AvgIpc) is 2.01. The van der Waals surface area contributed by atoms with E-state index in [-0.39, 0.29) is 62.0 Å². The van der Waals surface area contributed by atoms with E-state index in [1.807, 2.05) is 0 Å². The Labute approximate surface area is 136 Å². The SMILES string of the molecule is O=C(O)/C=C/C(=O)O.O=C(O)C(=O)O.[H-].[H-].[Na+].[Na+]. The van der Waals surface area contributed by atoms with E-state index in [0.717, 1.165) is 0 Å². The Balaban J connectivity index is -0.0000000335. The molecule has 0 spiro atoms. The Morgan fingerprint density at radius 2 is 0.875 bits per heavy atom. The molecule has 0 unspecified atom stereocenters. The molecule has 82 valence electrons. The van der Waals surface area contributed by atoms with Crippen LogP contribution in [0.25, 0.3) is 0 Å². The van der Waals surface area contributed by atoms with Crippen LogP contribution in [-0.2, 0) is 19.2 Å². The number of carboxylic acids is 4. The van der Waals surface area contributed by atoms with Gasteiger partial charge in [-0.05, 0) is 0 Å². The van der Waals surface area contributed by atoms with Crippen LogP contribution >= 0.6 is 0 Å². The molecule has 0 aromatic heterocycles. The average molecular weight is 254 g/mol. The van der Waals surface area contributed by atoms with Gasteiger partial charge in [0.1, 0.15) is 0 Å². The van der Waals surface area contributed by atoms with Gasteiger partial charge in [0, 0.05) is 12.2 Å². The van der Waals surface area contributed by atoms with Crippen molar-refractivity contribution in [1.82, 2.24) is 0 Å². The molecule has 0 aromatic rings. The van der Waals surface area contributed by atoms with E-state index in [2.05, 4.69) is 0 Å². The van der Waals surface area contributed by atoms with Gasteiger partial charge in [0.2, 0.25) is 0 Å². The van der Waals surface area contributed by atoms with Gasteiger partial charge in [-0.1, -0.05) is 0 Å². The molecule has 16 heavy (non-hydrogen) atoms. The standard InChI is InChI=1S/C4H4O4.C2H2O4.2Na.2H/c5-3(6)1-2-4(7)8;3-1(4)2(5)6;;;;/h1-2H,(H,5,6)(H,7,8);(H,3,4)(H,5,6);;;;/q;;2*+1;2*-1/b2-1+;;;;;. The Morgan fingerprint density at radius 3 is 0.938 bits per heavy atom. The minimum absolute atomic E-state index is 0. The normalized spacial score (nSPS) is 7.50. The number of rotatable bonds is 2. The molecule has 0 atom stereocenters. The topological polar surface area (TPSA) is 149 Å². The third-order valence-corrected chi connectivity index (χ3v) is 0.551. The zero-order chi connectivity index (χ0) is 11.7. The van der Waals surface area contributed by atoms with Crippen molar-refractivity contribution in [2.75, 3.05) is 0 Å². The number of hydrogen-bond acceptors (Lipinski definition) is 4. The third kappa shape index (κ3) is 29.2. The fourth-order valence-electron chi connectivity index (χ4n) is 0.143. The summed E-state index contributed by atoms with van der Waals surface area (Å²) in [6.07, 6.45) is 1.12. The van der Waals surface area contributed by atoms with E-state index in [9.17, 15) is 9.59 Å². The van der Waals surface area contributed by atoms with Crippen LogP contribution in [-0.4, -0.2) is 44.3 Å². The van der Waals surface area contributed by atoms with Crippen molar-refractivity contribution in [3.05, 3.63) is 12.2 Å². The van der Waals surface area contributed by atoms with Crippen molar-refractivity contribution in [1.29, 1.82) is 0 Å². The maximum absolute atomic E-state index is 9.55. The first-order valence-electron chi connectivity index (χ1n) is 2.87. The number of aliphatic carboxylic acids is 4. The Hall–Kier alpha value is -0.380. The van der Waals surface area contributed by atoms with Crippen LogP contribution in [0.15, 0.2) is 12.2 Å². The molecule has 0 radical (unpaired) electrons. The smallest absolute Gasteiger partial charge is 1.00 e. The fourth-order valence-corrected chi connectivity index (χ4v) is 0.143. The van der Waals surface area contributed by atoms with Crippen LogP contribution in [0.5, 0.6) is 0 Å². The first kappa shape index (κ1) is 24.7. The zero-order valence-electron chi connectivity index (χ0n) is 10.6. The second kappa shape index (κ2) is 14.6. The second-order valence-corrected chi connectivity index (χ2v) is 1.62. The molecule has 0 bridgehead atoms. The Bertz CT molecular complexity index is 265. The Morgan fingerprint density at radius 1 is 0.688 bits per heavy atom. The van der Waals surface area contributed by atoms with Gasteiger partial charge in [0.25, 0.3) is 0 Å². The summed E-state index contributed by atoms with van der Waals surface area (Å²) in [4.78, 5) is 37.3. The molecule has 0 heterocycles. The van der Waals surface area contributed by atoms with Crippen LogP contribution < -0.4 is 59.1 Å². The molecule has 0 aromatic carbocycles. The van der Waals surface area contributed by atoms with Crippen LogP contribution in [0, 0.1) is 0 Å². The van der Waals surface area contributed by atoms with Gasteiger partial charge in [-0.25, -0.2) is 19.2 Å². The first-order chi connectivity index (χ1) is 6.27. The number of carbonyl (C=O) groups is 4. The molecule has 0 fully saturated rings. The molecule has 4 N–H and O–H groups in total. The van der Waals surface area contributed by atoms with Gasteiger partial charge in [-0.3, -0.25) is 0 Å². The summed E-state index contributed by atoms with van der Waals surface area (Å²) in [7, 11) is 0. The quantitative estimate of drug-likeness (QED) is 0.216. The van der Waals surface area contributed by atoms with Crippen molar-refractivity contribution >= 4 is 23.9 Å². The van der Waals surface area contributed by atoms with E-state index in [0.29, 0.717) is 12.2 Å². The number of hydrogen-bond donors (Lipinski definition) is 4. The van der Waals surface area contributed by atoms with Gasteiger partial charge < -0.3 is 23.3 Å². The summed E-state index contributed by atoms with van der Waals surface area (Å²) in [6, 6.07) is 0. The Kier molecular flexibility index (Phi) is 22.6. The second-order valence-electron chi connectivity index (χ2n) is 1.62. The summed E-state index contributed by atoms with van der Waals surface area (Å²) in [6.45, 7) is 0. The van der Waals surface area contributed by atoms with Gasteiger partial charge in [-0.15, -0.1) is 0 Å². The van der Waals surface area contributed by atoms with E-state index < -0.39 is 23.9 Å². The predicted molar refractivity (Wildman–Crippen MR) is 41.9 cm³/mol. The molecule has 0 saturated carbocycles. The molecule has 0 amide bonds. The fraction of sp³-hybridized carbons (Fsp3) is 0. The van der Waals surface area contributed by atoms with Crippen LogP contribution in [0.4, 0.5) is 0 Å². The van der Waals surface area contributed by atoms with Gasteiger partial charge in [0.15, 0.2) is 0 Å². The first-order valence-corrected chi connectivity index (χ1v) is 2.87. The summed E-state index contributed by atoms with van der Waals surface area (Å²) >= 11 is 0. The van der Waals surface area contributed by atoms with Crippen molar-refractivity contribution in [3.8, 4) is 0 Å². The molecule has 10 heteroatoms. The van der Waals surface area contributed by atoms with Crippen LogP contribution in [0.2, 0.25) is 0 Å². The molecule has 0 aliphatic carbocycles. The summed E-state index contributed by atoms with van der Waals surface area (Å²) in [5.74, 6) is -6.16. The monoisotopic (exact) mass is 254 g/mol. The molecule has 8 nitrogen and oxygen atoms in total. The maximum Gasteiger partial charge on any atom is 1.00 e. The molecule has 0 saturated heterocycles. The minimum atomic E-state index is -1.82. The van der Waals surface area contributed by atoms with Crippen molar-refractivity contribution in [2.24, 2.45) is 0 Å². The van der Waals surface area contributed by atoms with Gasteiger partial charge in [0.05, 0.1) is 0 Å². The van der Waals surface area contributed by atoms with Crippen LogP contribution in [0.1, 0.15) is 2.85 Å². The van der Waals surface area contributed by atoms with Gasteiger partial charge in [-0.2, -0.15) is 0 Å². The van der Waals surface area contributed by atoms with Crippen molar-refractivity contribution < 1.29 is 102 Å².